The fourth-order valence-electron chi connectivity index (χ4n) is 3.34. The van der Waals surface area contributed by atoms with E-state index in [1.807, 2.05) is 31.2 Å². The van der Waals surface area contributed by atoms with E-state index >= 15 is 0 Å². The van der Waals surface area contributed by atoms with Crippen molar-refractivity contribution in [1.29, 1.82) is 0 Å². The lowest BCUT2D eigenvalue weighted by Gasteiger charge is -2.35. The smallest absolute Gasteiger partial charge is 0.328 e. The molecule has 0 radical (unpaired) electrons. The molecule has 0 spiro atoms. The molecule has 0 bridgehead atoms. The van der Waals surface area contributed by atoms with Crippen molar-refractivity contribution in [2.24, 2.45) is 0 Å². The normalized spacial score (nSPS) is 15.2. The highest BCUT2D eigenvalue weighted by Crippen LogP contribution is 2.29. The summed E-state index contributed by atoms with van der Waals surface area (Å²) in [4.78, 5) is 37.6. The number of hydrogen-bond acceptors (Lipinski definition) is 6. The molecule has 1 atom stereocenters. The first-order valence-corrected chi connectivity index (χ1v) is 9.36. The van der Waals surface area contributed by atoms with E-state index in [4.69, 9.17) is 14.2 Å². The zero-order valence-corrected chi connectivity index (χ0v) is 16.4. The third-order valence-electron chi connectivity index (χ3n) is 4.80. The number of nitrogens with zero attached hydrogens (tertiary/aromatic N) is 1. The molecular weight excluding hydrogens is 374 g/mol. The Kier molecular flexibility index (Phi) is 6.49. The van der Waals surface area contributed by atoms with E-state index in [9.17, 15) is 14.4 Å². The number of methoxy groups -OCH3 is 1. The van der Waals surface area contributed by atoms with E-state index in [0.29, 0.717) is 42.9 Å². The third kappa shape index (κ3) is 4.56. The van der Waals surface area contributed by atoms with Gasteiger partial charge in [0, 0.05) is 18.5 Å². The van der Waals surface area contributed by atoms with E-state index < -0.39 is 12.0 Å². The molecule has 0 aliphatic carbocycles. The summed E-state index contributed by atoms with van der Waals surface area (Å²) in [7, 11) is 1.31. The number of fused-ring (bicyclic) bond motifs is 1. The molecule has 3 rings (SSSR count). The standard InChI is InChI=1S/C22H23NO6/c1-3-28-20-10-15(13-24)8-9-19(20)29-14-21(25)23-12-17-7-5-4-6-16(17)11-18(23)22(26)27-2/h4-10,13,18H,3,11-12,14H2,1-2H3/t18-/m0/s1. The van der Waals surface area contributed by atoms with Gasteiger partial charge in [-0.1, -0.05) is 24.3 Å². The van der Waals surface area contributed by atoms with Crippen molar-refractivity contribution in [3.05, 3.63) is 59.2 Å². The van der Waals surface area contributed by atoms with Gasteiger partial charge in [0.25, 0.3) is 5.91 Å². The summed E-state index contributed by atoms with van der Waals surface area (Å²) in [5, 5.41) is 0. The minimum absolute atomic E-state index is 0.268. The van der Waals surface area contributed by atoms with Crippen LogP contribution in [0.15, 0.2) is 42.5 Å². The van der Waals surface area contributed by atoms with Gasteiger partial charge >= 0.3 is 5.97 Å². The quantitative estimate of drug-likeness (QED) is 0.527. The molecule has 152 valence electrons. The Morgan fingerprint density at radius 3 is 2.55 bits per heavy atom. The second-order valence-electron chi connectivity index (χ2n) is 6.58. The molecule has 1 aliphatic rings. The molecule has 1 amide bonds. The van der Waals surface area contributed by atoms with Crippen LogP contribution < -0.4 is 9.47 Å². The fourth-order valence-corrected chi connectivity index (χ4v) is 3.34. The Bertz CT molecular complexity index is 910. The van der Waals surface area contributed by atoms with Crippen molar-refractivity contribution in [2.45, 2.75) is 25.9 Å². The molecule has 0 N–H and O–H groups in total. The summed E-state index contributed by atoms with van der Waals surface area (Å²) < 4.78 is 16.1. The molecule has 1 heterocycles. The lowest BCUT2D eigenvalue weighted by atomic mass is 9.94. The predicted octanol–water partition coefficient (Wildman–Crippen LogP) is 2.40. The van der Waals surface area contributed by atoms with Crippen LogP contribution in [-0.2, 0) is 27.3 Å². The van der Waals surface area contributed by atoms with Crippen molar-refractivity contribution in [2.75, 3.05) is 20.3 Å². The van der Waals surface area contributed by atoms with Gasteiger partial charge in [0.1, 0.15) is 12.3 Å². The second kappa shape index (κ2) is 9.23. The van der Waals surface area contributed by atoms with Gasteiger partial charge in [-0.25, -0.2) is 4.79 Å². The molecule has 7 heteroatoms. The zero-order valence-electron chi connectivity index (χ0n) is 16.4. The van der Waals surface area contributed by atoms with Crippen LogP contribution in [0.4, 0.5) is 0 Å². The van der Waals surface area contributed by atoms with Gasteiger partial charge in [0.15, 0.2) is 18.1 Å². The van der Waals surface area contributed by atoms with Crippen LogP contribution in [0.5, 0.6) is 11.5 Å². The molecule has 1 aliphatic heterocycles. The molecule has 0 unspecified atom stereocenters. The lowest BCUT2D eigenvalue weighted by molar-refractivity contribution is -0.154. The maximum Gasteiger partial charge on any atom is 0.328 e. The predicted molar refractivity (Wildman–Crippen MR) is 105 cm³/mol. The van der Waals surface area contributed by atoms with Crippen molar-refractivity contribution in [3.63, 3.8) is 0 Å². The Labute approximate surface area is 169 Å². The minimum Gasteiger partial charge on any atom is -0.490 e. The molecule has 29 heavy (non-hydrogen) atoms. The molecule has 2 aromatic rings. The van der Waals surface area contributed by atoms with E-state index in [-0.39, 0.29) is 12.5 Å². The Balaban J connectivity index is 1.77. The van der Waals surface area contributed by atoms with Gasteiger partial charge in [-0.15, -0.1) is 0 Å². The number of rotatable bonds is 7. The summed E-state index contributed by atoms with van der Waals surface area (Å²) in [5.74, 6) is -0.0498. The van der Waals surface area contributed by atoms with Crippen LogP contribution >= 0.6 is 0 Å². The maximum atomic E-state index is 12.9. The Morgan fingerprint density at radius 1 is 1.10 bits per heavy atom. The Morgan fingerprint density at radius 2 is 1.86 bits per heavy atom. The monoisotopic (exact) mass is 397 g/mol. The number of hydrogen-bond donors (Lipinski definition) is 0. The molecule has 7 nitrogen and oxygen atoms in total. The number of benzene rings is 2. The van der Waals surface area contributed by atoms with Crippen molar-refractivity contribution < 1.29 is 28.6 Å². The largest absolute Gasteiger partial charge is 0.490 e. The average Bonchev–Trinajstić information content (AvgIpc) is 2.76. The van der Waals surface area contributed by atoms with Crippen LogP contribution in [-0.4, -0.2) is 49.4 Å². The summed E-state index contributed by atoms with van der Waals surface area (Å²) in [6, 6.07) is 11.7. The van der Waals surface area contributed by atoms with Gasteiger partial charge in [0.05, 0.1) is 13.7 Å². The maximum absolute atomic E-state index is 12.9. The SMILES string of the molecule is CCOc1cc(C=O)ccc1OCC(=O)N1Cc2ccccc2C[C@H]1C(=O)OC. The van der Waals surface area contributed by atoms with Gasteiger partial charge in [-0.3, -0.25) is 9.59 Å². The van der Waals surface area contributed by atoms with E-state index in [2.05, 4.69) is 0 Å². The molecule has 0 saturated carbocycles. The highest BCUT2D eigenvalue weighted by Gasteiger charge is 2.35. The third-order valence-corrected chi connectivity index (χ3v) is 4.80. The van der Waals surface area contributed by atoms with E-state index in [1.54, 1.807) is 18.2 Å². The first-order valence-electron chi connectivity index (χ1n) is 9.36. The number of ether oxygens (including phenoxy) is 3. The first kappa shape index (κ1) is 20.4. The summed E-state index contributed by atoms with van der Waals surface area (Å²) in [6.07, 6.45) is 1.11. The molecule has 2 aromatic carbocycles. The number of amides is 1. The van der Waals surface area contributed by atoms with Crippen LogP contribution in [0.3, 0.4) is 0 Å². The van der Waals surface area contributed by atoms with Crippen molar-refractivity contribution in [3.8, 4) is 11.5 Å². The topological polar surface area (TPSA) is 82.1 Å². The minimum atomic E-state index is -0.699. The number of esters is 1. The summed E-state index contributed by atoms with van der Waals surface area (Å²) in [5.41, 5.74) is 2.47. The lowest BCUT2D eigenvalue weighted by Crippen LogP contribution is -2.50. The van der Waals surface area contributed by atoms with Crippen LogP contribution in [0, 0.1) is 0 Å². The summed E-state index contributed by atoms with van der Waals surface area (Å²) >= 11 is 0. The highest BCUT2D eigenvalue weighted by molar-refractivity contribution is 5.86. The highest BCUT2D eigenvalue weighted by atomic mass is 16.5. The van der Waals surface area contributed by atoms with E-state index in [1.165, 1.54) is 12.0 Å². The van der Waals surface area contributed by atoms with E-state index in [0.717, 1.165) is 11.1 Å². The van der Waals surface area contributed by atoms with Crippen LogP contribution in [0.1, 0.15) is 28.4 Å². The molecule has 0 aromatic heterocycles. The fraction of sp³-hybridized carbons (Fsp3) is 0.318. The van der Waals surface area contributed by atoms with Crippen molar-refractivity contribution in [1.82, 2.24) is 4.90 Å². The summed E-state index contributed by atoms with van der Waals surface area (Å²) in [6.45, 7) is 2.24. The number of aldehydes is 1. The zero-order chi connectivity index (χ0) is 20.8. The number of carbonyl (C=O) groups is 3. The van der Waals surface area contributed by atoms with Gasteiger partial charge < -0.3 is 19.1 Å². The molecule has 0 fully saturated rings. The van der Waals surface area contributed by atoms with Gasteiger partial charge in [-0.05, 0) is 36.2 Å². The Hall–Kier alpha value is -3.35. The van der Waals surface area contributed by atoms with Crippen LogP contribution in [0.25, 0.3) is 0 Å². The number of carbonyl (C=O) groups excluding carboxylic acids is 3. The van der Waals surface area contributed by atoms with Crippen molar-refractivity contribution >= 4 is 18.2 Å². The first-order chi connectivity index (χ1) is 14.1. The molecular formula is C22H23NO6. The van der Waals surface area contributed by atoms with Gasteiger partial charge in [-0.2, -0.15) is 0 Å². The molecule has 0 saturated heterocycles. The van der Waals surface area contributed by atoms with Crippen LogP contribution in [0.2, 0.25) is 0 Å². The second-order valence-corrected chi connectivity index (χ2v) is 6.58. The van der Waals surface area contributed by atoms with Gasteiger partial charge in [0.2, 0.25) is 0 Å². The average molecular weight is 397 g/mol.